The second kappa shape index (κ2) is 7.81. The molecule has 0 saturated heterocycles. The van der Waals surface area contributed by atoms with Gasteiger partial charge in [0.05, 0.1) is 0 Å². The normalized spacial score (nSPS) is 19.4. The first-order valence-electron chi connectivity index (χ1n) is 7.44. The van der Waals surface area contributed by atoms with Crippen LogP contribution in [0.2, 0.25) is 0 Å². The Bertz CT molecular complexity index is 470. The van der Waals surface area contributed by atoms with Crippen molar-refractivity contribution in [3.05, 3.63) is 23.2 Å². The SMILES string of the molecule is C[C@H](CCC1=CC(OC(F)(F)F)=C(O)CC1)N[S@+]([O-])C(C)(C)C. The maximum atomic E-state index is 12.3. The fourth-order valence-corrected chi connectivity index (χ4v) is 2.81. The van der Waals surface area contributed by atoms with Crippen molar-refractivity contribution < 1.29 is 27.6 Å². The molecule has 0 aliphatic heterocycles. The van der Waals surface area contributed by atoms with Gasteiger partial charge in [0.2, 0.25) is 0 Å². The summed E-state index contributed by atoms with van der Waals surface area (Å²) in [5.41, 5.74) is 0.775. The summed E-state index contributed by atoms with van der Waals surface area (Å²) in [6.07, 6.45) is -1.76. The molecular weight excluding hydrogens is 331 g/mol. The van der Waals surface area contributed by atoms with Crippen LogP contribution in [0.3, 0.4) is 0 Å². The van der Waals surface area contributed by atoms with E-state index in [0.29, 0.717) is 19.3 Å². The topological polar surface area (TPSA) is 64.5 Å². The monoisotopic (exact) mass is 355 g/mol. The maximum Gasteiger partial charge on any atom is 0.573 e. The van der Waals surface area contributed by atoms with Crippen LogP contribution in [-0.2, 0) is 16.1 Å². The lowest BCUT2D eigenvalue weighted by atomic mass is 9.97. The van der Waals surface area contributed by atoms with Crippen LogP contribution in [0.15, 0.2) is 23.2 Å². The second-order valence-electron chi connectivity index (χ2n) is 6.60. The molecule has 0 aromatic carbocycles. The Morgan fingerprint density at radius 3 is 2.48 bits per heavy atom. The Hall–Kier alpha value is -0.860. The minimum atomic E-state index is -4.82. The summed E-state index contributed by atoms with van der Waals surface area (Å²) in [4.78, 5) is 0. The molecule has 1 aliphatic carbocycles. The molecule has 0 radical (unpaired) electrons. The average Bonchev–Trinajstić information content (AvgIpc) is 2.37. The number of rotatable bonds is 6. The molecule has 0 aromatic rings. The van der Waals surface area contributed by atoms with E-state index >= 15 is 0 Å². The molecule has 0 unspecified atom stereocenters. The van der Waals surface area contributed by atoms with Crippen LogP contribution in [0.5, 0.6) is 0 Å². The number of halogens is 3. The van der Waals surface area contributed by atoms with Gasteiger partial charge >= 0.3 is 6.36 Å². The first kappa shape index (κ1) is 20.2. The largest absolute Gasteiger partial charge is 0.598 e. The summed E-state index contributed by atoms with van der Waals surface area (Å²) >= 11 is -1.19. The molecule has 0 fully saturated rings. The van der Waals surface area contributed by atoms with Crippen molar-refractivity contribution in [1.82, 2.24) is 4.72 Å². The van der Waals surface area contributed by atoms with Crippen LogP contribution in [-0.4, -0.2) is 26.8 Å². The molecule has 0 saturated carbocycles. The number of allylic oxidation sites excluding steroid dienone is 3. The minimum Gasteiger partial charge on any atom is -0.598 e. The molecule has 0 aromatic heterocycles. The molecule has 134 valence electrons. The highest BCUT2D eigenvalue weighted by molar-refractivity contribution is 7.90. The molecule has 1 aliphatic rings. The van der Waals surface area contributed by atoms with E-state index in [4.69, 9.17) is 0 Å². The van der Waals surface area contributed by atoms with Crippen LogP contribution in [0, 0.1) is 0 Å². The summed E-state index contributed by atoms with van der Waals surface area (Å²) in [6.45, 7) is 7.47. The third-order valence-corrected chi connectivity index (χ3v) is 5.02. The lowest BCUT2D eigenvalue weighted by Gasteiger charge is -2.26. The molecule has 23 heavy (non-hydrogen) atoms. The maximum absolute atomic E-state index is 12.3. The van der Waals surface area contributed by atoms with Crippen molar-refractivity contribution in [3.63, 3.8) is 0 Å². The van der Waals surface area contributed by atoms with Gasteiger partial charge in [-0.25, -0.2) is 0 Å². The molecule has 0 spiro atoms. The number of alkyl halides is 3. The van der Waals surface area contributed by atoms with E-state index in [0.717, 1.165) is 5.57 Å². The summed E-state index contributed by atoms with van der Waals surface area (Å²) in [7, 11) is 0. The highest BCUT2D eigenvalue weighted by Gasteiger charge is 2.34. The Labute approximate surface area is 138 Å². The molecular formula is C15H24F3NO3S. The standard InChI is InChI=1S/C15H24F3NO3S/c1-10(19-23(21)14(2,3)4)5-6-11-7-8-12(20)13(9-11)22-15(16,17)18/h9-10,19-20H,5-8H2,1-4H3/t10-,23-/m1/s1. The van der Waals surface area contributed by atoms with Crippen LogP contribution in [0.1, 0.15) is 53.4 Å². The Morgan fingerprint density at radius 2 is 1.96 bits per heavy atom. The summed E-state index contributed by atoms with van der Waals surface area (Å²) in [5, 5.41) is 9.49. The second-order valence-corrected chi connectivity index (χ2v) is 8.60. The van der Waals surface area contributed by atoms with Gasteiger partial charge in [-0.3, -0.25) is 0 Å². The van der Waals surface area contributed by atoms with E-state index in [2.05, 4.69) is 9.46 Å². The van der Waals surface area contributed by atoms with Gasteiger partial charge in [-0.2, -0.15) is 0 Å². The molecule has 2 atom stereocenters. The van der Waals surface area contributed by atoms with Crippen molar-refractivity contribution in [2.24, 2.45) is 0 Å². The van der Waals surface area contributed by atoms with Gasteiger partial charge in [-0.15, -0.1) is 17.9 Å². The Morgan fingerprint density at radius 1 is 1.35 bits per heavy atom. The van der Waals surface area contributed by atoms with Crippen molar-refractivity contribution in [2.75, 3.05) is 0 Å². The third-order valence-electron chi connectivity index (χ3n) is 3.29. The number of hydrogen-bond acceptors (Lipinski definition) is 4. The highest BCUT2D eigenvalue weighted by atomic mass is 32.2. The zero-order valence-electron chi connectivity index (χ0n) is 13.8. The first-order chi connectivity index (χ1) is 10.4. The number of hydrogen-bond donors (Lipinski definition) is 2. The van der Waals surface area contributed by atoms with Gasteiger partial charge in [0.25, 0.3) is 0 Å². The quantitative estimate of drug-likeness (QED) is 0.700. The number of ether oxygens (including phenoxy) is 1. The van der Waals surface area contributed by atoms with Crippen molar-refractivity contribution in [3.8, 4) is 0 Å². The zero-order valence-corrected chi connectivity index (χ0v) is 14.6. The molecule has 0 bridgehead atoms. The van der Waals surface area contributed by atoms with Gasteiger partial charge in [-0.05, 0) is 53.0 Å². The van der Waals surface area contributed by atoms with Crippen LogP contribution in [0.25, 0.3) is 0 Å². The molecule has 1 rings (SSSR count). The number of aliphatic hydroxyl groups excluding tert-OH is 1. The molecule has 2 N–H and O–H groups in total. The average molecular weight is 355 g/mol. The molecule has 4 nitrogen and oxygen atoms in total. The van der Waals surface area contributed by atoms with Gasteiger partial charge in [0, 0.05) is 23.8 Å². The van der Waals surface area contributed by atoms with E-state index in [1.807, 2.05) is 27.7 Å². The van der Waals surface area contributed by atoms with Crippen LogP contribution in [0.4, 0.5) is 13.2 Å². The predicted octanol–water partition coefficient (Wildman–Crippen LogP) is 4.23. The van der Waals surface area contributed by atoms with Crippen molar-refractivity contribution in [2.45, 2.75) is 70.5 Å². The van der Waals surface area contributed by atoms with E-state index in [1.54, 1.807) is 0 Å². The summed E-state index contributed by atoms with van der Waals surface area (Å²) in [6, 6.07) is -0.0394. The predicted molar refractivity (Wildman–Crippen MR) is 83.8 cm³/mol. The third kappa shape index (κ3) is 7.50. The van der Waals surface area contributed by atoms with Gasteiger partial charge in [0.1, 0.15) is 10.5 Å². The fraction of sp³-hybridized carbons (Fsp3) is 0.733. The van der Waals surface area contributed by atoms with E-state index in [-0.39, 0.29) is 23.0 Å². The first-order valence-corrected chi connectivity index (χ1v) is 8.59. The van der Waals surface area contributed by atoms with E-state index in [9.17, 15) is 22.8 Å². The zero-order chi connectivity index (χ0) is 17.8. The highest BCUT2D eigenvalue weighted by Crippen LogP contribution is 2.31. The van der Waals surface area contributed by atoms with Crippen LogP contribution < -0.4 is 4.72 Å². The number of aliphatic hydroxyl groups is 1. The molecule has 0 amide bonds. The smallest absolute Gasteiger partial charge is 0.573 e. The summed E-state index contributed by atoms with van der Waals surface area (Å²) in [5.74, 6) is -0.913. The fourth-order valence-electron chi connectivity index (χ4n) is 1.97. The van der Waals surface area contributed by atoms with Gasteiger partial charge in [-0.1, -0.05) is 5.57 Å². The summed E-state index contributed by atoms with van der Waals surface area (Å²) < 4.78 is 55.2. The van der Waals surface area contributed by atoms with Gasteiger partial charge in [0.15, 0.2) is 5.76 Å². The van der Waals surface area contributed by atoms with Crippen molar-refractivity contribution in [1.29, 1.82) is 0 Å². The minimum absolute atomic E-state index is 0.0394. The molecule has 8 heteroatoms. The molecule has 0 heterocycles. The van der Waals surface area contributed by atoms with Crippen molar-refractivity contribution >= 4 is 11.4 Å². The number of nitrogens with one attached hydrogen (secondary N) is 1. The Kier molecular flexibility index (Phi) is 6.85. The Balaban J connectivity index is 2.56. The van der Waals surface area contributed by atoms with E-state index in [1.165, 1.54) is 6.08 Å². The lowest BCUT2D eigenvalue weighted by Crippen LogP contribution is -2.43. The van der Waals surface area contributed by atoms with Crippen LogP contribution >= 0.6 is 0 Å². The van der Waals surface area contributed by atoms with Gasteiger partial charge < -0.3 is 14.4 Å². The van der Waals surface area contributed by atoms with E-state index < -0.39 is 23.5 Å². The lowest BCUT2D eigenvalue weighted by molar-refractivity contribution is -0.304.